The second-order valence-corrected chi connectivity index (χ2v) is 6.04. The molecule has 21 heavy (non-hydrogen) atoms. The van der Waals surface area contributed by atoms with Crippen LogP contribution in [-0.2, 0) is 6.54 Å². The molecule has 1 aromatic carbocycles. The molecule has 6 nitrogen and oxygen atoms in total. The molecule has 0 atom stereocenters. The molecular weight excluding hydrogens is 314 g/mol. The number of nitro benzene ring substituents is 1. The van der Waals surface area contributed by atoms with Crippen LogP contribution in [0.3, 0.4) is 0 Å². The number of carbonyl (C=O) groups excluding carboxylic acids is 1. The fraction of sp³-hybridized carbons (Fsp3) is 0.0769. The molecule has 0 N–H and O–H groups in total. The van der Waals surface area contributed by atoms with Gasteiger partial charge in [-0.15, -0.1) is 11.3 Å². The van der Waals surface area contributed by atoms with E-state index in [1.807, 2.05) is 0 Å². The average Bonchev–Trinajstić information content (AvgIpc) is 3.05. The number of thiophene rings is 1. The minimum absolute atomic E-state index is 0.0154. The summed E-state index contributed by atoms with van der Waals surface area (Å²) < 4.78 is 2.00. The average molecular weight is 322 g/mol. The van der Waals surface area contributed by atoms with Crippen molar-refractivity contribution in [3.05, 3.63) is 55.9 Å². The lowest BCUT2D eigenvalue weighted by Gasteiger charge is -2.01. The summed E-state index contributed by atoms with van der Waals surface area (Å²) in [5.41, 5.74) is 0.524. The monoisotopic (exact) mass is 321 g/mol. The van der Waals surface area contributed by atoms with E-state index < -0.39 is 4.92 Å². The van der Waals surface area contributed by atoms with Crippen molar-refractivity contribution in [2.24, 2.45) is 0 Å². The van der Waals surface area contributed by atoms with Crippen molar-refractivity contribution in [3.63, 3.8) is 0 Å². The minimum atomic E-state index is -0.475. The maximum absolute atomic E-state index is 12.1. The molecular formula is C13H8ClN3O3S. The molecule has 0 amide bonds. The van der Waals surface area contributed by atoms with Gasteiger partial charge in [-0.1, -0.05) is 11.6 Å². The number of hydrogen-bond donors (Lipinski definition) is 0. The summed E-state index contributed by atoms with van der Waals surface area (Å²) in [6, 6.07) is 7.75. The summed E-state index contributed by atoms with van der Waals surface area (Å²) in [6.45, 7) is 0.0154. The number of carbonyl (C=O) groups is 1. The quantitative estimate of drug-likeness (QED) is 0.418. The number of nitrogens with zero attached hydrogens (tertiary/aromatic N) is 3. The van der Waals surface area contributed by atoms with Crippen LogP contribution in [0.25, 0.3) is 10.9 Å². The van der Waals surface area contributed by atoms with E-state index in [4.69, 9.17) is 11.6 Å². The first-order valence-electron chi connectivity index (χ1n) is 5.93. The summed E-state index contributed by atoms with van der Waals surface area (Å²) >= 11 is 7.00. The smallest absolute Gasteiger partial charge is 0.271 e. The third-order valence-electron chi connectivity index (χ3n) is 2.98. The predicted molar refractivity (Wildman–Crippen MR) is 80.0 cm³/mol. The van der Waals surface area contributed by atoms with Gasteiger partial charge < -0.3 is 0 Å². The Hall–Kier alpha value is -2.25. The molecule has 3 rings (SSSR count). The van der Waals surface area contributed by atoms with Gasteiger partial charge in [-0.05, 0) is 18.2 Å². The van der Waals surface area contributed by atoms with Gasteiger partial charge in [0.2, 0.25) is 0 Å². The maximum atomic E-state index is 12.1. The fourth-order valence-electron chi connectivity index (χ4n) is 1.98. The molecule has 0 aliphatic rings. The predicted octanol–water partition coefficient (Wildman–Crippen LogP) is 3.54. The molecule has 0 aliphatic heterocycles. The number of non-ortho nitro benzene ring substituents is 1. The third-order valence-corrected chi connectivity index (χ3v) is 4.25. The first-order valence-corrected chi connectivity index (χ1v) is 7.12. The van der Waals surface area contributed by atoms with Gasteiger partial charge >= 0.3 is 0 Å². The number of fused-ring (bicyclic) bond motifs is 1. The largest absolute Gasteiger partial charge is 0.291 e. The first-order chi connectivity index (χ1) is 10.0. The molecule has 0 saturated heterocycles. The molecule has 2 heterocycles. The van der Waals surface area contributed by atoms with Gasteiger partial charge in [0.1, 0.15) is 6.54 Å². The summed E-state index contributed by atoms with van der Waals surface area (Å²) in [5.74, 6) is -0.136. The highest BCUT2D eigenvalue weighted by molar-refractivity contribution is 7.18. The van der Waals surface area contributed by atoms with Gasteiger partial charge in [-0.2, -0.15) is 5.10 Å². The molecule has 3 aromatic rings. The molecule has 2 aromatic heterocycles. The fourth-order valence-corrected chi connectivity index (χ4v) is 2.95. The maximum Gasteiger partial charge on any atom is 0.271 e. The van der Waals surface area contributed by atoms with Crippen LogP contribution in [0.2, 0.25) is 4.34 Å². The zero-order valence-electron chi connectivity index (χ0n) is 10.5. The van der Waals surface area contributed by atoms with Crippen molar-refractivity contribution in [2.75, 3.05) is 0 Å². The summed E-state index contributed by atoms with van der Waals surface area (Å²) in [6.07, 6.45) is 1.58. The highest BCUT2D eigenvalue weighted by Gasteiger charge is 2.14. The van der Waals surface area contributed by atoms with Gasteiger partial charge in [0, 0.05) is 17.5 Å². The highest BCUT2D eigenvalue weighted by atomic mass is 35.5. The van der Waals surface area contributed by atoms with Crippen LogP contribution in [-0.4, -0.2) is 20.5 Å². The van der Waals surface area contributed by atoms with Crippen LogP contribution < -0.4 is 0 Å². The van der Waals surface area contributed by atoms with Crippen molar-refractivity contribution in [3.8, 4) is 0 Å². The molecule has 0 saturated carbocycles. The number of ketones is 1. The topological polar surface area (TPSA) is 78.0 Å². The molecule has 0 unspecified atom stereocenters. The van der Waals surface area contributed by atoms with E-state index in [1.54, 1.807) is 24.4 Å². The molecule has 106 valence electrons. The second-order valence-electron chi connectivity index (χ2n) is 4.33. The van der Waals surface area contributed by atoms with Gasteiger partial charge in [0.15, 0.2) is 5.78 Å². The van der Waals surface area contributed by atoms with Gasteiger partial charge in [-0.3, -0.25) is 19.6 Å². The van der Waals surface area contributed by atoms with E-state index >= 15 is 0 Å². The number of halogens is 1. The minimum Gasteiger partial charge on any atom is -0.291 e. The van der Waals surface area contributed by atoms with E-state index in [2.05, 4.69) is 5.10 Å². The summed E-state index contributed by atoms with van der Waals surface area (Å²) in [7, 11) is 0. The van der Waals surface area contributed by atoms with E-state index in [9.17, 15) is 14.9 Å². The normalized spacial score (nSPS) is 10.9. The number of Topliss-reactive ketones (excluding diaryl/α,β-unsaturated/α-hetero) is 1. The Morgan fingerprint density at radius 3 is 2.86 bits per heavy atom. The Balaban J connectivity index is 1.95. The number of hydrogen-bond acceptors (Lipinski definition) is 5. The van der Waals surface area contributed by atoms with Crippen LogP contribution >= 0.6 is 22.9 Å². The van der Waals surface area contributed by atoms with E-state index in [0.717, 1.165) is 5.39 Å². The molecule has 8 heteroatoms. The van der Waals surface area contributed by atoms with Gasteiger partial charge in [0.05, 0.1) is 25.9 Å². The summed E-state index contributed by atoms with van der Waals surface area (Å²) in [4.78, 5) is 23.0. The molecule has 0 bridgehead atoms. The lowest BCUT2D eigenvalue weighted by atomic mass is 10.2. The standard InChI is InChI=1S/C13H8ClN3O3S/c14-13-4-3-12(21-13)11(18)7-16-10-5-9(17(19)20)2-1-8(10)6-15-16/h1-6H,7H2. The van der Waals surface area contributed by atoms with Crippen molar-refractivity contribution in [2.45, 2.75) is 6.54 Å². The molecule has 0 spiro atoms. The SMILES string of the molecule is O=C(Cn1ncc2ccc([N+](=O)[O-])cc21)c1ccc(Cl)s1. The van der Waals surface area contributed by atoms with Crippen molar-refractivity contribution < 1.29 is 9.72 Å². The highest BCUT2D eigenvalue weighted by Crippen LogP contribution is 2.24. The molecule has 0 radical (unpaired) electrons. The van der Waals surface area contributed by atoms with Gasteiger partial charge in [-0.25, -0.2) is 0 Å². The Morgan fingerprint density at radius 1 is 1.38 bits per heavy atom. The number of benzene rings is 1. The number of aromatic nitrogens is 2. The van der Waals surface area contributed by atoms with Crippen LogP contribution in [0, 0.1) is 10.1 Å². The van der Waals surface area contributed by atoms with E-state index in [1.165, 1.54) is 28.2 Å². The zero-order valence-corrected chi connectivity index (χ0v) is 12.1. The van der Waals surface area contributed by atoms with E-state index in [0.29, 0.717) is 14.7 Å². The number of rotatable bonds is 4. The Kier molecular flexibility index (Phi) is 3.44. The van der Waals surface area contributed by atoms with Crippen molar-refractivity contribution >= 4 is 45.3 Å². The van der Waals surface area contributed by atoms with Gasteiger partial charge in [0.25, 0.3) is 5.69 Å². The Morgan fingerprint density at radius 2 is 2.19 bits per heavy atom. The number of nitro groups is 1. The first kappa shape index (κ1) is 13.7. The van der Waals surface area contributed by atoms with Crippen LogP contribution in [0.5, 0.6) is 0 Å². The van der Waals surface area contributed by atoms with Crippen LogP contribution in [0.4, 0.5) is 5.69 Å². The van der Waals surface area contributed by atoms with E-state index in [-0.39, 0.29) is 18.0 Å². The van der Waals surface area contributed by atoms with Crippen molar-refractivity contribution in [1.29, 1.82) is 0 Å². The lowest BCUT2D eigenvalue weighted by molar-refractivity contribution is -0.384. The lowest BCUT2D eigenvalue weighted by Crippen LogP contribution is -2.10. The Bertz CT molecular complexity index is 855. The van der Waals surface area contributed by atoms with Crippen LogP contribution in [0.15, 0.2) is 36.5 Å². The third kappa shape index (κ3) is 2.65. The van der Waals surface area contributed by atoms with Crippen molar-refractivity contribution in [1.82, 2.24) is 9.78 Å². The molecule has 0 aliphatic carbocycles. The zero-order chi connectivity index (χ0) is 15.0. The van der Waals surface area contributed by atoms with Crippen LogP contribution in [0.1, 0.15) is 9.67 Å². The Labute approximate surface area is 127 Å². The molecule has 0 fully saturated rings. The summed E-state index contributed by atoms with van der Waals surface area (Å²) in [5, 5.41) is 15.7. The second kappa shape index (κ2) is 5.27.